The third-order valence-electron chi connectivity index (χ3n) is 1.49. The lowest BCUT2D eigenvalue weighted by Crippen LogP contribution is -2.07. The molecule has 0 atom stereocenters. The SMILES string of the molecule is N=C(N)/C=C\C(N)=C1C=CNC=C1. The predicted octanol–water partition coefficient (Wildman–Crippen LogP) is 0.322. The van der Waals surface area contributed by atoms with E-state index in [4.69, 9.17) is 16.9 Å². The van der Waals surface area contributed by atoms with Gasteiger partial charge in [-0.3, -0.25) is 5.41 Å². The average molecular weight is 176 g/mol. The topological polar surface area (TPSA) is 87.9 Å². The van der Waals surface area contributed by atoms with Crippen LogP contribution in [0.5, 0.6) is 0 Å². The van der Waals surface area contributed by atoms with Gasteiger partial charge < -0.3 is 16.8 Å². The Hall–Kier alpha value is -1.97. The van der Waals surface area contributed by atoms with Crippen LogP contribution in [0, 0.1) is 5.41 Å². The number of hydrogen-bond donors (Lipinski definition) is 4. The maximum Gasteiger partial charge on any atom is 0.115 e. The van der Waals surface area contributed by atoms with Crippen LogP contribution in [0.3, 0.4) is 0 Å². The van der Waals surface area contributed by atoms with E-state index >= 15 is 0 Å². The summed E-state index contributed by atoms with van der Waals surface area (Å²) in [5.41, 5.74) is 12.3. The number of nitrogens with one attached hydrogen (secondary N) is 2. The van der Waals surface area contributed by atoms with Crippen molar-refractivity contribution in [1.29, 1.82) is 5.41 Å². The monoisotopic (exact) mass is 176 g/mol. The fourth-order valence-electron chi connectivity index (χ4n) is 0.855. The lowest BCUT2D eigenvalue weighted by molar-refractivity contribution is 1.16. The first-order valence-electron chi connectivity index (χ1n) is 3.81. The molecule has 0 bridgehead atoms. The summed E-state index contributed by atoms with van der Waals surface area (Å²) in [6.45, 7) is 0. The zero-order chi connectivity index (χ0) is 9.68. The molecule has 0 fully saturated rings. The van der Waals surface area contributed by atoms with Crippen LogP contribution >= 0.6 is 0 Å². The second-order valence-corrected chi connectivity index (χ2v) is 2.53. The summed E-state index contributed by atoms with van der Waals surface area (Å²) in [5, 5.41) is 9.86. The molecular weight excluding hydrogens is 164 g/mol. The Morgan fingerprint density at radius 3 is 2.38 bits per heavy atom. The van der Waals surface area contributed by atoms with Crippen LogP contribution < -0.4 is 16.8 Å². The average Bonchev–Trinajstić information content (AvgIpc) is 2.15. The molecular formula is C9H12N4. The van der Waals surface area contributed by atoms with E-state index in [9.17, 15) is 0 Å². The quantitative estimate of drug-likeness (QED) is 0.361. The highest BCUT2D eigenvalue weighted by Crippen LogP contribution is 2.06. The van der Waals surface area contributed by atoms with E-state index in [1.54, 1.807) is 18.5 Å². The minimum atomic E-state index is -0.00885. The van der Waals surface area contributed by atoms with E-state index in [2.05, 4.69) is 5.32 Å². The molecule has 0 spiro atoms. The first-order valence-corrected chi connectivity index (χ1v) is 3.81. The van der Waals surface area contributed by atoms with Crippen LogP contribution in [0.2, 0.25) is 0 Å². The fourth-order valence-corrected chi connectivity index (χ4v) is 0.855. The Morgan fingerprint density at radius 1 is 1.23 bits per heavy atom. The first kappa shape index (κ1) is 9.12. The van der Waals surface area contributed by atoms with Crippen LogP contribution in [-0.4, -0.2) is 5.84 Å². The molecule has 0 aromatic rings. The van der Waals surface area contributed by atoms with Crippen molar-refractivity contribution in [2.24, 2.45) is 11.5 Å². The van der Waals surface area contributed by atoms with Gasteiger partial charge in [0.25, 0.3) is 0 Å². The van der Waals surface area contributed by atoms with Gasteiger partial charge in [0.2, 0.25) is 0 Å². The Bertz CT molecular complexity index is 307. The van der Waals surface area contributed by atoms with Crippen molar-refractivity contribution in [1.82, 2.24) is 5.32 Å². The van der Waals surface area contributed by atoms with Gasteiger partial charge in [-0.1, -0.05) is 0 Å². The second-order valence-electron chi connectivity index (χ2n) is 2.53. The molecule has 1 aliphatic rings. The van der Waals surface area contributed by atoms with E-state index in [0.717, 1.165) is 5.57 Å². The summed E-state index contributed by atoms with van der Waals surface area (Å²) in [6, 6.07) is 0. The summed E-state index contributed by atoms with van der Waals surface area (Å²) in [6.07, 6.45) is 10.3. The number of hydrogen-bond acceptors (Lipinski definition) is 3. The number of nitrogens with two attached hydrogens (primary N) is 2. The molecule has 0 radical (unpaired) electrons. The fraction of sp³-hybridized carbons (Fsp3) is 0. The van der Waals surface area contributed by atoms with E-state index in [1.165, 1.54) is 6.08 Å². The van der Waals surface area contributed by atoms with Crippen molar-refractivity contribution >= 4 is 5.84 Å². The van der Waals surface area contributed by atoms with E-state index in [1.807, 2.05) is 12.2 Å². The Balaban J connectivity index is 2.79. The number of amidine groups is 1. The summed E-state index contributed by atoms with van der Waals surface area (Å²) < 4.78 is 0. The van der Waals surface area contributed by atoms with Gasteiger partial charge >= 0.3 is 0 Å². The summed E-state index contributed by atoms with van der Waals surface area (Å²) in [5.74, 6) is -0.00885. The van der Waals surface area contributed by atoms with Gasteiger partial charge in [0.05, 0.1) is 0 Å². The third-order valence-corrected chi connectivity index (χ3v) is 1.49. The molecule has 0 unspecified atom stereocenters. The van der Waals surface area contributed by atoms with Crippen LogP contribution in [-0.2, 0) is 0 Å². The highest BCUT2D eigenvalue weighted by atomic mass is 14.8. The van der Waals surface area contributed by atoms with E-state index < -0.39 is 0 Å². The molecule has 4 nitrogen and oxygen atoms in total. The molecule has 0 aromatic carbocycles. The molecule has 0 aromatic heterocycles. The van der Waals surface area contributed by atoms with Crippen molar-refractivity contribution < 1.29 is 0 Å². The molecule has 4 heteroatoms. The van der Waals surface area contributed by atoms with Crippen LogP contribution in [0.4, 0.5) is 0 Å². The lowest BCUT2D eigenvalue weighted by atomic mass is 10.1. The van der Waals surface area contributed by atoms with Crippen molar-refractivity contribution in [2.75, 3.05) is 0 Å². The molecule has 0 aliphatic carbocycles. The van der Waals surface area contributed by atoms with E-state index in [0.29, 0.717) is 5.70 Å². The van der Waals surface area contributed by atoms with Crippen molar-refractivity contribution in [2.45, 2.75) is 0 Å². The van der Waals surface area contributed by atoms with Crippen LogP contribution in [0.1, 0.15) is 0 Å². The predicted molar refractivity (Wildman–Crippen MR) is 53.7 cm³/mol. The van der Waals surface area contributed by atoms with Gasteiger partial charge in [0.15, 0.2) is 0 Å². The zero-order valence-corrected chi connectivity index (χ0v) is 7.12. The maximum absolute atomic E-state index is 6.97. The number of rotatable bonds is 2. The third kappa shape index (κ3) is 2.86. The van der Waals surface area contributed by atoms with Crippen molar-refractivity contribution in [3.05, 3.63) is 48.0 Å². The molecule has 1 aliphatic heterocycles. The van der Waals surface area contributed by atoms with Gasteiger partial charge in [-0.05, 0) is 24.3 Å². The summed E-state index contributed by atoms with van der Waals surface area (Å²) in [7, 11) is 0. The maximum atomic E-state index is 6.97. The highest BCUT2D eigenvalue weighted by Gasteiger charge is 1.95. The number of dihydropyridines is 1. The second kappa shape index (κ2) is 4.15. The normalized spacial score (nSPS) is 14.6. The smallest absolute Gasteiger partial charge is 0.115 e. The van der Waals surface area contributed by atoms with Gasteiger partial charge in [-0.25, -0.2) is 0 Å². The van der Waals surface area contributed by atoms with Gasteiger partial charge in [-0.15, -0.1) is 0 Å². The Morgan fingerprint density at radius 2 is 1.85 bits per heavy atom. The highest BCUT2D eigenvalue weighted by molar-refractivity contribution is 5.88. The Kier molecular flexibility index (Phi) is 2.92. The van der Waals surface area contributed by atoms with Crippen molar-refractivity contribution in [3.8, 4) is 0 Å². The first-order chi connectivity index (χ1) is 6.20. The molecule has 1 rings (SSSR count). The lowest BCUT2D eigenvalue weighted by Gasteiger charge is -2.03. The van der Waals surface area contributed by atoms with Crippen LogP contribution in [0.25, 0.3) is 0 Å². The molecule has 6 N–H and O–H groups in total. The standard InChI is InChI=1S/C9H12N4/c10-8(1-2-9(11)12)7-3-5-13-6-4-7/h1-6,13H,10H2,(H3,11,12)/b2-1-. The molecule has 0 amide bonds. The largest absolute Gasteiger partial charge is 0.398 e. The zero-order valence-electron chi connectivity index (χ0n) is 7.12. The summed E-state index contributed by atoms with van der Waals surface area (Å²) in [4.78, 5) is 0. The molecule has 0 saturated carbocycles. The van der Waals surface area contributed by atoms with E-state index in [-0.39, 0.29) is 5.84 Å². The molecule has 68 valence electrons. The van der Waals surface area contributed by atoms with Gasteiger partial charge in [0.1, 0.15) is 5.84 Å². The minimum absolute atomic E-state index is 0.00885. The molecule has 13 heavy (non-hydrogen) atoms. The van der Waals surface area contributed by atoms with Gasteiger partial charge in [0, 0.05) is 23.7 Å². The minimum Gasteiger partial charge on any atom is -0.398 e. The van der Waals surface area contributed by atoms with Crippen molar-refractivity contribution in [3.63, 3.8) is 0 Å². The van der Waals surface area contributed by atoms with Gasteiger partial charge in [-0.2, -0.15) is 0 Å². The molecule has 1 heterocycles. The summed E-state index contributed by atoms with van der Waals surface area (Å²) >= 11 is 0. The number of allylic oxidation sites excluding steroid dienone is 4. The van der Waals surface area contributed by atoms with Crippen LogP contribution in [0.15, 0.2) is 48.0 Å². The molecule has 0 saturated heterocycles. The Labute approximate surface area is 76.8 Å².